The highest BCUT2D eigenvalue weighted by Gasteiger charge is 2.06. The van der Waals surface area contributed by atoms with Gasteiger partial charge in [0, 0.05) is 25.1 Å². The second-order valence-electron chi connectivity index (χ2n) is 4.52. The first-order valence-corrected chi connectivity index (χ1v) is 6.20. The van der Waals surface area contributed by atoms with E-state index in [-0.39, 0.29) is 0 Å². The van der Waals surface area contributed by atoms with E-state index in [9.17, 15) is 0 Å². The van der Waals surface area contributed by atoms with Gasteiger partial charge in [-0.1, -0.05) is 13.8 Å². The number of hydrogen-bond donors (Lipinski definition) is 2. The van der Waals surface area contributed by atoms with Gasteiger partial charge < -0.3 is 5.32 Å². The summed E-state index contributed by atoms with van der Waals surface area (Å²) >= 11 is 0. The van der Waals surface area contributed by atoms with Gasteiger partial charge in [-0.15, -0.1) is 0 Å². The zero-order chi connectivity index (χ0) is 13.7. The summed E-state index contributed by atoms with van der Waals surface area (Å²) in [5.74, 6) is 2.79. The van der Waals surface area contributed by atoms with Crippen molar-refractivity contribution in [1.29, 1.82) is 5.26 Å². The fraction of sp³-hybridized carbons (Fsp3) is 0.385. The molecule has 0 fully saturated rings. The zero-order valence-electron chi connectivity index (χ0n) is 11.0. The number of hydrogen-bond acceptors (Lipinski definition) is 5. The van der Waals surface area contributed by atoms with Gasteiger partial charge in [-0.05, 0) is 12.1 Å². The Bertz CT molecular complexity index is 564. The van der Waals surface area contributed by atoms with E-state index in [1.807, 2.05) is 6.07 Å². The molecule has 0 spiro atoms. The van der Waals surface area contributed by atoms with Crippen LogP contribution in [0.15, 0.2) is 18.3 Å². The van der Waals surface area contributed by atoms with Crippen LogP contribution in [0.3, 0.4) is 0 Å². The van der Waals surface area contributed by atoms with Gasteiger partial charge in [0.15, 0.2) is 5.82 Å². The molecule has 2 rings (SSSR count). The molecule has 0 atom stereocenters. The molecular formula is C13H16N6. The number of H-pyrrole nitrogens is 1. The lowest BCUT2D eigenvalue weighted by molar-refractivity contribution is 0.780. The molecule has 6 nitrogen and oxygen atoms in total. The highest BCUT2D eigenvalue weighted by molar-refractivity contribution is 5.38. The molecule has 2 aromatic heterocycles. The highest BCUT2D eigenvalue weighted by Crippen LogP contribution is 2.08. The van der Waals surface area contributed by atoms with Crippen LogP contribution in [0.2, 0.25) is 0 Å². The SMILES string of the molecule is CC(C)c1n[nH]c(CCNc2ccc(C#N)cn2)n1. The molecule has 0 radical (unpaired) electrons. The maximum Gasteiger partial charge on any atom is 0.153 e. The molecule has 6 heteroatoms. The Morgan fingerprint density at radius 3 is 2.84 bits per heavy atom. The van der Waals surface area contributed by atoms with E-state index < -0.39 is 0 Å². The van der Waals surface area contributed by atoms with Crippen molar-refractivity contribution >= 4 is 5.82 Å². The molecule has 0 saturated carbocycles. The molecule has 0 saturated heterocycles. The third-order valence-corrected chi connectivity index (χ3v) is 2.63. The summed E-state index contributed by atoms with van der Waals surface area (Å²) in [5.41, 5.74) is 0.558. The van der Waals surface area contributed by atoms with E-state index in [0.29, 0.717) is 18.0 Å². The first-order valence-electron chi connectivity index (χ1n) is 6.20. The first-order chi connectivity index (χ1) is 9.19. The minimum atomic E-state index is 0.332. The van der Waals surface area contributed by atoms with Crippen molar-refractivity contribution in [2.75, 3.05) is 11.9 Å². The third kappa shape index (κ3) is 3.52. The fourth-order valence-electron chi connectivity index (χ4n) is 1.55. The van der Waals surface area contributed by atoms with E-state index in [1.165, 1.54) is 0 Å². The van der Waals surface area contributed by atoms with Crippen LogP contribution >= 0.6 is 0 Å². The quantitative estimate of drug-likeness (QED) is 0.852. The zero-order valence-corrected chi connectivity index (χ0v) is 11.0. The van der Waals surface area contributed by atoms with Crippen molar-refractivity contribution in [1.82, 2.24) is 20.2 Å². The lowest BCUT2D eigenvalue weighted by Gasteiger charge is -2.03. The van der Waals surface area contributed by atoms with Crippen molar-refractivity contribution in [3.63, 3.8) is 0 Å². The van der Waals surface area contributed by atoms with Gasteiger partial charge in [-0.2, -0.15) is 10.4 Å². The number of aromatic nitrogens is 4. The molecule has 2 heterocycles. The van der Waals surface area contributed by atoms with E-state index in [4.69, 9.17) is 5.26 Å². The fourth-order valence-corrected chi connectivity index (χ4v) is 1.55. The van der Waals surface area contributed by atoms with Gasteiger partial charge in [0.05, 0.1) is 5.56 Å². The lowest BCUT2D eigenvalue weighted by atomic mass is 10.2. The monoisotopic (exact) mass is 256 g/mol. The van der Waals surface area contributed by atoms with E-state index in [2.05, 4.69) is 39.3 Å². The highest BCUT2D eigenvalue weighted by atomic mass is 15.2. The summed E-state index contributed by atoms with van der Waals surface area (Å²) in [6.45, 7) is 4.84. The van der Waals surface area contributed by atoms with Crippen LogP contribution in [0, 0.1) is 11.3 Å². The van der Waals surface area contributed by atoms with Crippen LogP contribution in [-0.2, 0) is 6.42 Å². The average molecular weight is 256 g/mol. The van der Waals surface area contributed by atoms with Gasteiger partial charge in [0.2, 0.25) is 0 Å². The van der Waals surface area contributed by atoms with Gasteiger partial charge in [-0.3, -0.25) is 5.10 Å². The number of anilines is 1. The Morgan fingerprint density at radius 1 is 1.42 bits per heavy atom. The minimum Gasteiger partial charge on any atom is -0.370 e. The van der Waals surface area contributed by atoms with Crippen molar-refractivity contribution in [2.24, 2.45) is 0 Å². The summed E-state index contributed by atoms with van der Waals surface area (Å²) in [7, 11) is 0. The summed E-state index contributed by atoms with van der Waals surface area (Å²) in [5, 5.41) is 18.9. The van der Waals surface area contributed by atoms with Crippen LogP contribution in [0.4, 0.5) is 5.82 Å². The molecule has 0 aliphatic heterocycles. The van der Waals surface area contributed by atoms with Gasteiger partial charge in [-0.25, -0.2) is 9.97 Å². The van der Waals surface area contributed by atoms with Crippen molar-refractivity contribution < 1.29 is 0 Å². The topological polar surface area (TPSA) is 90.3 Å². The number of nitrogens with one attached hydrogen (secondary N) is 2. The van der Waals surface area contributed by atoms with E-state index in [1.54, 1.807) is 18.3 Å². The van der Waals surface area contributed by atoms with Crippen LogP contribution in [-0.4, -0.2) is 26.7 Å². The normalized spacial score (nSPS) is 10.4. The van der Waals surface area contributed by atoms with Crippen molar-refractivity contribution in [3.8, 4) is 6.07 Å². The predicted octanol–water partition coefficient (Wildman–Crippen LogP) is 1.85. The van der Waals surface area contributed by atoms with Gasteiger partial charge in [0.1, 0.15) is 17.7 Å². The largest absolute Gasteiger partial charge is 0.370 e. The Hall–Kier alpha value is -2.42. The smallest absolute Gasteiger partial charge is 0.153 e. The van der Waals surface area contributed by atoms with Crippen molar-refractivity contribution in [3.05, 3.63) is 35.5 Å². The van der Waals surface area contributed by atoms with Crippen LogP contribution < -0.4 is 5.32 Å². The Morgan fingerprint density at radius 2 is 2.26 bits per heavy atom. The average Bonchev–Trinajstić information content (AvgIpc) is 2.89. The summed E-state index contributed by atoms with van der Waals surface area (Å²) in [6.07, 6.45) is 2.30. The molecular weight excluding hydrogens is 240 g/mol. The van der Waals surface area contributed by atoms with Crippen LogP contribution in [0.25, 0.3) is 0 Å². The Balaban J connectivity index is 1.83. The van der Waals surface area contributed by atoms with Crippen LogP contribution in [0.1, 0.15) is 37.0 Å². The number of pyridine rings is 1. The van der Waals surface area contributed by atoms with E-state index in [0.717, 1.165) is 23.9 Å². The summed E-state index contributed by atoms with van der Waals surface area (Å²) < 4.78 is 0. The van der Waals surface area contributed by atoms with Gasteiger partial charge >= 0.3 is 0 Å². The summed E-state index contributed by atoms with van der Waals surface area (Å²) in [6, 6.07) is 5.56. The molecule has 0 amide bonds. The van der Waals surface area contributed by atoms with E-state index >= 15 is 0 Å². The standard InChI is InChI=1S/C13H16N6/c1-9(2)13-17-12(18-19-13)5-6-15-11-4-3-10(7-14)8-16-11/h3-4,8-9H,5-6H2,1-2H3,(H,15,16)(H,17,18,19). The van der Waals surface area contributed by atoms with Crippen LogP contribution in [0.5, 0.6) is 0 Å². The second kappa shape index (κ2) is 5.96. The molecule has 0 bridgehead atoms. The molecule has 0 aliphatic rings. The summed E-state index contributed by atoms with van der Waals surface area (Å²) in [4.78, 5) is 8.53. The Kier molecular flexibility index (Phi) is 4.08. The molecule has 98 valence electrons. The maximum atomic E-state index is 8.67. The number of rotatable bonds is 5. The number of nitrogens with zero attached hydrogens (tertiary/aromatic N) is 4. The van der Waals surface area contributed by atoms with Crippen molar-refractivity contribution in [2.45, 2.75) is 26.2 Å². The maximum absolute atomic E-state index is 8.67. The molecule has 2 aromatic rings. The Labute approximate surface area is 111 Å². The van der Waals surface area contributed by atoms with Gasteiger partial charge in [0.25, 0.3) is 0 Å². The molecule has 0 aromatic carbocycles. The molecule has 19 heavy (non-hydrogen) atoms. The molecule has 0 unspecified atom stereocenters. The minimum absolute atomic E-state index is 0.332. The predicted molar refractivity (Wildman–Crippen MR) is 71.6 cm³/mol. The molecule has 0 aliphatic carbocycles. The number of aromatic amines is 1. The third-order valence-electron chi connectivity index (χ3n) is 2.63. The molecule has 2 N–H and O–H groups in total. The lowest BCUT2D eigenvalue weighted by Crippen LogP contribution is -2.07. The second-order valence-corrected chi connectivity index (χ2v) is 4.52. The number of nitriles is 1. The first kappa shape index (κ1) is 13.0.